The third kappa shape index (κ3) is 2.97. The number of ether oxygens (including phenoxy) is 1. The number of para-hydroxylation sites is 1. The lowest BCUT2D eigenvalue weighted by Crippen LogP contribution is -2.37. The Bertz CT molecular complexity index is 364. The van der Waals surface area contributed by atoms with Gasteiger partial charge in [-0.1, -0.05) is 12.1 Å². The number of nitrogens with two attached hydrogens (primary N) is 1. The first-order chi connectivity index (χ1) is 7.56. The first-order valence-electron chi connectivity index (χ1n) is 5.20. The molecule has 0 saturated heterocycles. The van der Waals surface area contributed by atoms with E-state index in [1.54, 1.807) is 31.2 Å². The summed E-state index contributed by atoms with van der Waals surface area (Å²) in [5.74, 6) is 0.513. The smallest absolute Gasteiger partial charge is 0.257 e. The molecule has 0 fully saturated rings. The Morgan fingerprint density at radius 3 is 2.69 bits per heavy atom. The molecule has 88 valence electrons. The number of carbonyl (C=O) groups excluding carboxylic acids is 1. The summed E-state index contributed by atoms with van der Waals surface area (Å²) in [6, 6.07) is 7.13. The summed E-state index contributed by atoms with van der Waals surface area (Å²) in [6.07, 6.45) is 0. The van der Waals surface area contributed by atoms with Crippen molar-refractivity contribution in [2.75, 3.05) is 20.7 Å². The summed E-state index contributed by atoms with van der Waals surface area (Å²) in [5.41, 5.74) is 6.22. The monoisotopic (exact) mass is 222 g/mol. The average molecular weight is 222 g/mol. The van der Waals surface area contributed by atoms with Crippen molar-refractivity contribution < 1.29 is 9.53 Å². The first kappa shape index (κ1) is 12.5. The van der Waals surface area contributed by atoms with E-state index in [-0.39, 0.29) is 11.9 Å². The molecule has 0 bridgehead atoms. The number of amides is 1. The molecule has 2 N–H and O–H groups in total. The van der Waals surface area contributed by atoms with Crippen molar-refractivity contribution in [2.24, 2.45) is 5.73 Å². The van der Waals surface area contributed by atoms with Gasteiger partial charge < -0.3 is 15.4 Å². The zero-order chi connectivity index (χ0) is 12.1. The maximum absolute atomic E-state index is 12.1. The number of nitrogens with zero attached hydrogens (tertiary/aromatic N) is 1. The maximum atomic E-state index is 12.1. The highest BCUT2D eigenvalue weighted by Crippen LogP contribution is 2.18. The fourth-order valence-electron chi connectivity index (χ4n) is 1.54. The van der Waals surface area contributed by atoms with Gasteiger partial charge in [-0.15, -0.1) is 0 Å². The maximum Gasteiger partial charge on any atom is 0.257 e. The summed E-state index contributed by atoms with van der Waals surface area (Å²) in [6.45, 7) is 2.39. The third-order valence-corrected chi connectivity index (χ3v) is 2.25. The number of carbonyl (C=O) groups is 1. The van der Waals surface area contributed by atoms with Crippen LogP contribution in [0.3, 0.4) is 0 Å². The number of hydrogen-bond acceptors (Lipinski definition) is 3. The molecule has 0 heterocycles. The van der Waals surface area contributed by atoms with Crippen molar-refractivity contribution in [3.63, 3.8) is 0 Å². The Balaban J connectivity index is 2.87. The van der Waals surface area contributed by atoms with Gasteiger partial charge in [0.1, 0.15) is 5.75 Å². The van der Waals surface area contributed by atoms with E-state index in [0.717, 1.165) is 0 Å². The van der Waals surface area contributed by atoms with Crippen molar-refractivity contribution in [3.05, 3.63) is 29.8 Å². The van der Waals surface area contributed by atoms with Gasteiger partial charge in [0.05, 0.1) is 12.7 Å². The molecular weight excluding hydrogens is 204 g/mol. The SMILES string of the molecule is COc1ccccc1C(=O)N(C)CC(C)N. The number of benzene rings is 1. The third-order valence-electron chi connectivity index (χ3n) is 2.25. The van der Waals surface area contributed by atoms with Gasteiger partial charge in [0, 0.05) is 19.6 Å². The molecule has 1 unspecified atom stereocenters. The van der Waals surface area contributed by atoms with E-state index in [4.69, 9.17) is 10.5 Å². The molecule has 4 heteroatoms. The van der Waals surface area contributed by atoms with Gasteiger partial charge in [0.25, 0.3) is 5.91 Å². The second-order valence-electron chi connectivity index (χ2n) is 3.86. The molecule has 1 aromatic rings. The van der Waals surface area contributed by atoms with Crippen LogP contribution in [0.25, 0.3) is 0 Å². The second kappa shape index (κ2) is 5.51. The van der Waals surface area contributed by atoms with Crippen LogP contribution in [-0.2, 0) is 0 Å². The summed E-state index contributed by atoms with van der Waals surface area (Å²) in [7, 11) is 3.29. The van der Waals surface area contributed by atoms with Crippen LogP contribution in [0.5, 0.6) is 5.75 Å². The largest absolute Gasteiger partial charge is 0.496 e. The summed E-state index contributed by atoms with van der Waals surface area (Å²) in [5, 5.41) is 0. The Morgan fingerprint density at radius 2 is 2.12 bits per heavy atom. The predicted octanol–water partition coefficient (Wildman–Crippen LogP) is 1.11. The van der Waals surface area contributed by atoms with Crippen LogP contribution in [0.15, 0.2) is 24.3 Å². The van der Waals surface area contributed by atoms with Crippen LogP contribution in [-0.4, -0.2) is 37.6 Å². The fraction of sp³-hybridized carbons (Fsp3) is 0.417. The zero-order valence-electron chi connectivity index (χ0n) is 9.93. The summed E-state index contributed by atoms with van der Waals surface area (Å²) in [4.78, 5) is 13.6. The molecule has 1 aromatic carbocycles. The molecule has 0 aliphatic carbocycles. The van der Waals surface area contributed by atoms with Crippen LogP contribution in [0.1, 0.15) is 17.3 Å². The van der Waals surface area contributed by atoms with Crippen LogP contribution in [0.2, 0.25) is 0 Å². The van der Waals surface area contributed by atoms with Crippen LogP contribution < -0.4 is 10.5 Å². The number of methoxy groups -OCH3 is 1. The second-order valence-corrected chi connectivity index (χ2v) is 3.86. The van der Waals surface area contributed by atoms with Crippen molar-refractivity contribution in [1.82, 2.24) is 4.90 Å². The number of hydrogen-bond donors (Lipinski definition) is 1. The van der Waals surface area contributed by atoms with Gasteiger partial charge in [0.2, 0.25) is 0 Å². The zero-order valence-corrected chi connectivity index (χ0v) is 9.93. The molecule has 0 saturated carbocycles. The standard InChI is InChI=1S/C12H18N2O2/c1-9(13)8-14(2)12(15)10-6-4-5-7-11(10)16-3/h4-7,9H,8,13H2,1-3H3. The summed E-state index contributed by atoms with van der Waals surface area (Å²) < 4.78 is 5.14. The molecular formula is C12H18N2O2. The average Bonchev–Trinajstić information content (AvgIpc) is 2.27. The fourth-order valence-corrected chi connectivity index (χ4v) is 1.54. The van der Waals surface area contributed by atoms with E-state index in [2.05, 4.69) is 0 Å². The van der Waals surface area contributed by atoms with E-state index in [1.807, 2.05) is 19.1 Å². The summed E-state index contributed by atoms with van der Waals surface area (Å²) >= 11 is 0. The van der Waals surface area contributed by atoms with Gasteiger partial charge in [-0.05, 0) is 19.1 Å². The Hall–Kier alpha value is -1.55. The Kier molecular flexibility index (Phi) is 4.31. The van der Waals surface area contributed by atoms with E-state index in [1.165, 1.54) is 0 Å². The van der Waals surface area contributed by atoms with Gasteiger partial charge in [-0.2, -0.15) is 0 Å². The normalized spacial score (nSPS) is 12.0. The molecule has 4 nitrogen and oxygen atoms in total. The lowest BCUT2D eigenvalue weighted by Gasteiger charge is -2.20. The number of likely N-dealkylation sites (N-methyl/N-ethyl adjacent to an activating group) is 1. The van der Waals surface area contributed by atoms with Crippen molar-refractivity contribution in [3.8, 4) is 5.75 Å². The van der Waals surface area contributed by atoms with Gasteiger partial charge in [-0.25, -0.2) is 0 Å². The molecule has 16 heavy (non-hydrogen) atoms. The first-order valence-corrected chi connectivity index (χ1v) is 5.20. The van der Waals surface area contributed by atoms with Gasteiger partial charge in [-0.3, -0.25) is 4.79 Å². The van der Waals surface area contributed by atoms with Crippen molar-refractivity contribution in [1.29, 1.82) is 0 Å². The lowest BCUT2D eigenvalue weighted by atomic mass is 10.1. The highest BCUT2D eigenvalue weighted by atomic mass is 16.5. The molecule has 0 aliphatic rings. The molecule has 0 spiro atoms. The van der Waals surface area contributed by atoms with E-state index in [9.17, 15) is 4.79 Å². The molecule has 0 aromatic heterocycles. The van der Waals surface area contributed by atoms with Crippen LogP contribution in [0.4, 0.5) is 0 Å². The minimum absolute atomic E-state index is 0.0383. The molecule has 0 radical (unpaired) electrons. The molecule has 1 rings (SSSR count). The lowest BCUT2D eigenvalue weighted by molar-refractivity contribution is 0.0785. The van der Waals surface area contributed by atoms with Crippen molar-refractivity contribution >= 4 is 5.91 Å². The predicted molar refractivity (Wildman–Crippen MR) is 63.6 cm³/mol. The Labute approximate surface area is 96.0 Å². The highest BCUT2D eigenvalue weighted by Gasteiger charge is 2.16. The molecule has 1 amide bonds. The van der Waals surface area contributed by atoms with Gasteiger partial charge >= 0.3 is 0 Å². The number of rotatable bonds is 4. The molecule has 1 atom stereocenters. The topological polar surface area (TPSA) is 55.6 Å². The van der Waals surface area contributed by atoms with Crippen molar-refractivity contribution in [2.45, 2.75) is 13.0 Å². The van der Waals surface area contributed by atoms with Crippen LogP contribution >= 0.6 is 0 Å². The minimum Gasteiger partial charge on any atom is -0.496 e. The van der Waals surface area contributed by atoms with Gasteiger partial charge in [0.15, 0.2) is 0 Å². The molecule has 0 aliphatic heterocycles. The quantitative estimate of drug-likeness (QED) is 0.830. The van der Waals surface area contributed by atoms with Crippen LogP contribution in [0, 0.1) is 0 Å². The van der Waals surface area contributed by atoms with E-state index < -0.39 is 0 Å². The highest BCUT2D eigenvalue weighted by molar-refractivity contribution is 5.96. The minimum atomic E-state index is -0.0743. The van der Waals surface area contributed by atoms with E-state index >= 15 is 0 Å². The van der Waals surface area contributed by atoms with E-state index in [0.29, 0.717) is 17.9 Å². The Morgan fingerprint density at radius 1 is 1.50 bits per heavy atom.